The van der Waals surface area contributed by atoms with Crippen molar-refractivity contribution in [2.24, 2.45) is 0 Å². The normalized spacial score (nSPS) is 11.3. The number of para-hydroxylation sites is 3. The Morgan fingerprint density at radius 1 is 0.405 bits per heavy atom. The maximum atomic E-state index is 6.51. The Morgan fingerprint density at radius 3 is 1.95 bits per heavy atom. The molecular weight excluding hydrogens is 510 g/mol. The van der Waals surface area contributed by atoms with E-state index >= 15 is 0 Å². The number of nitrogens with zero attached hydrogens (tertiary/aromatic N) is 1. The highest BCUT2D eigenvalue weighted by atomic mass is 16.3. The summed E-state index contributed by atoms with van der Waals surface area (Å²) in [6, 6.07) is 57.9. The first-order valence-corrected chi connectivity index (χ1v) is 14.3. The highest BCUT2D eigenvalue weighted by Gasteiger charge is 2.21. The van der Waals surface area contributed by atoms with Gasteiger partial charge in [-0.3, -0.25) is 0 Å². The Bertz CT molecular complexity index is 2200. The van der Waals surface area contributed by atoms with Crippen molar-refractivity contribution in [2.45, 2.75) is 0 Å². The zero-order valence-corrected chi connectivity index (χ0v) is 22.9. The molecule has 0 bridgehead atoms. The molecule has 198 valence electrons. The molecule has 1 aromatic heterocycles. The zero-order valence-electron chi connectivity index (χ0n) is 22.9. The maximum Gasteiger partial charge on any atom is 0.143 e. The first-order chi connectivity index (χ1) is 20.8. The molecule has 0 radical (unpaired) electrons. The van der Waals surface area contributed by atoms with Gasteiger partial charge < -0.3 is 9.32 Å². The van der Waals surface area contributed by atoms with Crippen molar-refractivity contribution in [2.75, 3.05) is 4.90 Å². The fraction of sp³-hybridized carbons (Fsp3) is 0. The monoisotopic (exact) mass is 537 g/mol. The van der Waals surface area contributed by atoms with Crippen molar-refractivity contribution in [1.29, 1.82) is 0 Å². The lowest BCUT2D eigenvalue weighted by molar-refractivity contribution is 0.670. The summed E-state index contributed by atoms with van der Waals surface area (Å²) in [5, 5.41) is 4.66. The molecule has 8 rings (SSSR count). The van der Waals surface area contributed by atoms with Crippen LogP contribution in [0.25, 0.3) is 55.0 Å². The quantitative estimate of drug-likeness (QED) is 0.217. The molecule has 7 aromatic carbocycles. The van der Waals surface area contributed by atoms with Crippen molar-refractivity contribution in [3.8, 4) is 22.3 Å². The smallest absolute Gasteiger partial charge is 0.143 e. The van der Waals surface area contributed by atoms with Crippen molar-refractivity contribution < 1.29 is 4.42 Å². The van der Waals surface area contributed by atoms with Gasteiger partial charge in [0.2, 0.25) is 0 Å². The van der Waals surface area contributed by atoms with Crippen LogP contribution < -0.4 is 4.90 Å². The molecule has 0 fully saturated rings. The Kier molecular flexibility index (Phi) is 5.82. The van der Waals surface area contributed by atoms with Crippen LogP contribution in [0.2, 0.25) is 0 Å². The summed E-state index contributed by atoms with van der Waals surface area (Å²) in [6.45, 7) is 0. The van der Waals surface area contributed by atoms with Gasteiger partial charge in [0.05, 0.1) is 11.4 Å². The SMILES string of the molecule is c1ccc(-c2cccc(N(c3ccccc3-c3cccc4c3oc3ccccc34)c3cccc4ccccc34)c2)cc1. The first kappa shape index (κ1) is 24.2. The van der Waals surface area contributed by atoms with Gasteiger partial charge >= 0.3 is 0 Å². The summed E-state index contributed by atoms with van der Waals surface area (Å²) in [7, 11) is 0. The lowest BCUT2D eigenvalue weighted by Crippen LogP contribution is -2.12. The molecule has 0 unspecified atom stereocenters. The molecule has 42 heavy (non-hydrogen) atoms. The van der Waals surface area contributed by atoms with E-state index in [-0.39, 0.29) is 0 Å². The van der Waals surface area contributed by atoms with E-state index in [0.717, 1.165) is 50.1 Å². The second kappa shape index (κ2) is 10.1. The third kappa shape index (κ3) is 4.05. The molecular formula is C40H27NO. The van der Waals surface area contributed by atoms with Crippen LogP contribution in [-0.2, 0) is 0 Å². The fourth-order valence-electron chi connectivity index (χ4n) is 6.12. The average Bonchev–Trinajstić information content (AvgIpc) is 3.45. The molecule has 0 aliphatic heterocycles. The second-order valence-corrected chi connectivity index (χ2v) is 10.5. The van der Waals surface area contributed by atoms with Gasteiger partial charge in [-0.2, -0.15) is 0 Å². The average molecular weight is 538 g/mol. The predicted molar refractivity (Wildman–Crippen MR) is 177 cm³/mol. The lowest BCUT2D eigenvalue weighted by Gasteiger charge is -2.29. The standard InChI is InChI=1S/C40H27NO/c1-2-13-28(14-3-1)30-17-10-18-31(27-30)41(37-25-11-16-29-15-4-5-19-32(29)37)38-24-8-6-20-33(38)35-22-12-23-36-34-21-7-9-26-39(34)42-40(35)36/h1-27H. The topological polar surface area (TPSA) is 16.4 Å². The molecule has 0 atom stereocenters. The molecule has 0 aliphatic carbocycles. The van der Waals surface area contributed by atoms with Gasteiger partial charge in [-0.1, -0.05) is 133 Å². The van der Waals surface area contributed by atoms with Crippen molar-refractivity contribution in [1.82, 2.24) is 0 Å². The van der Waals surface area contributed by atoms with Gasteiger partial charge in [0.15, 0.2) is 0 Å². The third-order valence-electron chi connectivity index (χ3n) is 8.06. The van der Waals surface area contributed by atoms with Crippen LogP contribution in [0, 0.1) is 0 Å². The van der Waals surface area contributed by atoms with Crippen LogP contribution in [0.3, 0.4) is 0 Å². The largest absolute Gasteiger partial charge is 0.455 e. The number of fused-ring (bicyclic) bond motifs is 4. The van der Waals surface area contributed by atoms with Crippen molar-refractivity contribution in [3.63, 3.8) is 0 Å². The first-order valence-electron chi connectivity index (χ1n) is 14.3. The Hall–Kier alpha value is -5.60. The van der Waals surface area contributed by atoms with E-state index in [1.54, 1.807) is 0 Å². The van der Waals surface area contributed by atoms with E-state index in [4.69, 9.17) is 4.42 Å². The van der Waals surface area contributed by atoms with Crippen LogP contribution in [0.4, 0.5) is 17.1 Å². The summed E-state index contributed by atoms with van der Waals surface area (Å²) >= 11 is 0. The minimum Gasteiger partial charge on any atom is -0.455 e. The molecule has 0 aliphatic rings. The number of furan rings is 1. The number of hydrogen-bond acceptors (Lipinski definition) is 2. The second-order valence-electron chi connectivity index (χ2n) is 10.5. The molecule has 8 aromatic rings. The summed E-state index contributed by atoms with van der Waals surface area (Å²) in [4.78, 5) is 2.39. The van der Waals surface area contributed by atoms with Crippen LogP contribution in [-0.4, -0.2) is 0 Å². The predicted octanol–water partition coefficient (Wildman–Crippen LogP) is 11.5. The van der Waals surface area contributed by atoms with Gasteiger partial charge in [-0.25, -0.2) is 0 Å². The van der Waals surface area contributed by atoms with E-state index in [2.05, 4.69) is 157 Å². The van der Waals surface area contributed by atoms with Crippen molar-refractivity contribution in [3.05, 3.63) is 164 Å². The van der Waals surface area contributed by atoms with Gasteiger partial charge in [0.1, 0.15) is 11.2 Å². The number of benzene rings is 7. The molecule has 2 heteroatoms. The highest BCUT2D eigenvalue weighted by molar-refractivity contribution is 6.11. The summed E-state index contributed by atoms with van der Waals surface area (Å²) in [6.07, 6.45) is 0. The van der Waals surface area contributed by atoms with Crippen molar-refractivity contribution >= 4 is 49.8 Å². The van der Waals surface area contributed by atoms with Gasteiger partial charge in [0.25, 0.3) is 0 Å². The van der Waals surface area contributed by atoms with E-state index in [0.29, 0.717) is 0 Å². The third-order valence-corrected chi connectivity index (χ3v) is 8.06. The Morgan fingerprint density at radius 2 is 1.02 bits per heavy atom. The Balaban J connectivity index is 1.41. The molecule has 0 amide bonds. The number of anilines is 3. The summed E-state index contributed by atoms with van der Waals surface area (Å²) in [5.74, 6) is 0. The van der Waals surface area contributed by atoms with Crippen LogP contribution in [0.15, 0.2) is 168 Å². The van der Waals surface area contributed by atoms with Gasteiger partial charge in [-0.15, -0.1) is 0 Å². The Labute approximate surface area is 244 Å². The minimum absolute atomic E-state index is 0.902. The van der Waals surface area contributed by atoms with E-state index in [1.165, 1.54) is 21.9 Å². The van der Waals surface area contributed by atoms with Gasteiger partial charge in [-0.05, 0) is 46.8 Å². The number of rotatable bonds is 5. The molecule has 0 N–H and O–H groups in total. The molecule has 2 nitrogen and oxygen atoms in total. The number of hydrogen-bond donors (Lipinski definition) is 0. The van der Waals surface area contributed by atoms with E-state index < -0.39 is 0 Å². The molecule has 0 saturated heterocycles. The molecule has 0 saturated carbocycles. The highest BCUT2D eigenvalue weighted by Crippen LogP contribution is 2.46. The lowest BCUT2D eigenvalue weighted by atomic mass is 9.98. The van der Waals surface area contributed by atoms with Crippen LogP contribution in [0.1, 0.15) is 0 Å². The van der Waals surface area contributed by atoms with Crippen LogP contribution in [0.5, 0.6) is 0 Å². The van der Waals surface area contributed by atoms with E-state index in [9.17, 15) is 0 Å². The molecule has 1 heterocycles. The minimum atomic E-state index is 0.902. The maximum absolute atomic E-state index is 6.51. The summed E-state index contributed by atoms with van der Waals surface area (Å²) < 4.78 is 6.51. The fourth-order valence-corrected chi connectivity index (χ4v) is 6.12. The van der Waals surface area contributed by atoms with Gasteiger partial charge in [0, 0.05) is 33.0 Å². The van der Waals surface area contributed by atoms with E-state index in [1.807, 2.05) is 12.1 Å². The zero-order chi connectivity index (χ0) is 27.9. The summed E-state index contributed by atoms with van der Waals surface area (Å²) in [5.41, 5.74) is 9.67. The molecule has 0 spiro atoms. The van der Waals surface area contributed by atoms with Crippen LogP contribution >= 0.6 is 0 Å².